The average Bonchev–Trinajstić information content (AvgIpc) is 2.55. The van der Waals surface area contributed by atoms with Crippen LogP contribution in [0.5, 0.6) is 0 Å². The Kier molecular flexibility index (Phi) is 3.72. The monoisotopic (exact) mass is 252 g/mol. The molecule has 1 N–H and O–H groups in total. The van der Waals surface area contributed by atoms with E-state index in [0.717, 1.165) is 18.3 Å². The molecular weight excluding hydrogens is 224 g/mol. The molecule has 2 aliphatic rings. The van der Waals surface area contributed by atoms with Crippen molar-refractivity contribution in [2.75, 3.05) is 0 Å². The van der Waals surface area contributed by atoms with Crippen molar-refractivity contribution in [1.82, 2.24) is 10.2 Å². The molecule has 5 atom stereocenters. The van der Waals surface area contributed by atoms with Crippen molar-refractivity contribution in [1.29, 1.82) is 0 Å². The molecule has 1 saturated heterocycles. The predicted molar refractivity (Wildman–Crippen MR) is 74.1 cm³/mol. The Balaban J connectivity index is 2.12. The number of amides is 1. The molecule has 1 saturated carbocycles. The van der Waals surface area contributed by atoms with Gasteiger partial charge in [-0.2, -0.15) is 0 Å². The summed E-state index contributed by atoms with van der Waals surface area (Å²) in [5.41, 5.74) is -0.342. The van der Waals surface area contributed by atoms with Crippen LogP contribution in [0.2, 0.25) is 0 Å². The lowest BCUT2D eigenvalue weighted by molar-refractivity contribution is -0.136. The summed E-state index contributed by atoms with van der Waals surface area (Å²) in [6, 6.07) is 0.444. The smallest absolute Gasteiger partial charge is 0.244 e. The van der Waals surface area contributed by atoms with Crippen molar-refractivity contribution >= 4 is 5.91 Å². The number of rotatable bonds is 2. The molecule has 5 unspecified atom stereocenters. The fraction of sp³-hybridized carbons (Fsp3) is 0.933. The first-order valence-corrected chi connectivity index (χ1v) is 7.49. The van der Waals surface area contributed by atoms with Gasteiger partial charge in [0.2, 0.25) is 5.91 Å². The Labute approximate surface area is 111 Å². The van der Waals surface area contributed by atoms with Gasteiger partial charge in [-0.25, -0.2) is 0 Å². The molecule has 0 aromatic rings. The molecule has 0 radical (unpaired) electrons. The van der Waals surface area contributed by atoms with Crippen LogP contribution >= 0.6 is 0 Å². The third-order valence-corrected chi connectivity index (χ3v) is 5.32. The molecule has 104 valence electrons. The lowest BCUT2D eigenvalue weighted by Gasteiger charge is -2.39. The second-order valence-corrected chi connectivity index (χ2v) is 6.64. The molecule has 3 nitrogen and oxygen atoms in total. The normalized spacial score (nSPS) is 45.6. The van der Waals surface area contributed by atoms with Gasteiger partial charge in [0, 0.05) is 6.04 Å². The fourth-order valence-electron chi connectivity index (χ4n) is 3.56. The summed E-state index contributed by atoms with van der Waals surface area (Å²) in [4.78, 5) is 14.8. The van der Waals surface area contributed by atoms with Gasteiger partial charge < -0.3 is 4.90 Å². The van der Waals surface area contributed by atoms with E-state index in [1.807, 2.05) is 6.92 Å². The van der Waals surface area contributed by atoms with Gasteiger partial charge in [0.15, 0.2) is 0 Å². The average molecular weight is 252 g/mol. The van der Waals surface area contributed by atoms with Crippen LogP contribution in [0.3, 0.4) is 0 Å². The van der Waals surface area contributed by atoms with Crippen molar-refractivity contribution in [2.45, 2.75) is 78.0 Å². The number of nitrogens with one attached hydrogen (secondary N) is 1. The highest BCUT2D eigenvalue weighted by Gasteiger charge is 2.48. The summed E-state index contributed by atoms with van der Waals surface area (Å²) in [5.74, 6) is 1.85. The SMILES string of the molecule is CCC1(C)NC(C)N(C2CCC(C)C(C)C2)C1=O. The number of hydrogen-bond acceptors (Lipinski definition) is 2. The van der Waals surface area contributed by atoms with E-state index in [0.29, 0.717) is 11.9 Å². The minimum Gasteiger partial charge on any atom is -0.323 e. The number of carbonyl (C=O) groups excluding carboxylic acids is 1. The van der Waals surface area contributed by atoms with E-state index < -0.39 is 0 Å². The van der Waals surface area contributed by atoms with Crippen molar-refractivity contribution in [3.05, 3.63) is 0 Å². The molecule has 0 spiro atoms. The second kappa shape index (κ2) is 4.84. The van der Waals surface area contributed by atoms with Crippen LogP contribution in [0.4, 0.5) is 0 Å². The third kappa shape index (κ3) is 2.18. The van der Waals surface area contributed by atoms with E-state index in [4.69, 9.17) is 0 Å². The molecule has 0 aromatic heterocycles. The summed E-state index contributed by atoms with van der Waals surface area (Å²) >= 11 is 0. The van der Waals surface area contributed by atoms with Crippen LogP contribution < -0.4 is 5.32 Å². The highest BCUT2D eigenvalue weighted by atomic mass is 16.2. The number of nitrogens with zero attached hydrogens (tertiary/aromatic N) is 1. The molecule has 2 fully saturated rings. The quantitative estimate of drug-likeness (QED) is 0.819. The van der Waals surface area contributed by atoms with Crippen molar-refractivity contribution in [2.24, 2.45) is 11.8 Å². The van der Waals surface area contributed by atoms with Crippen LogP contribution in [0.25, 0.3) is 0 Å². The van der Waals surface area contributed by atoms with Gasteiger partial charge in [-0.15, -0.1) is 0 Å². The third-order valence-electron chi connectivity index (χ3n) is 5.32. The molecular formula is C15H28N2O. The summed E-state index contributed by atoms with van der Waals surface area (Å²) in [5, 5.41) is 3.48. The summed E-state index contributed by atoms with van der Waals surface area (Å²) in [7, 11) is 0. The van der Waals surface area contributed by atoms with Crippen LogP contribution in [0, 0.1) is 11.8 Å². The lowest BCUT2D eigenvalue weighted by atomic mass is 9.78. The van der Waals surface area contributed by atoms with E-state index in [1.165, 1.54) is 19.3 Å². The maximum absolute atomic E-state index is 12.6. The van der Waals surface area contributed by atoms with E-state index in [1.54, 1.807) is 0 Å². The van der Waals surface area contributed by atoms with E-state index in [2.05, 4.69) is 37.9 Å². The molecule has 1 aliphatic carbocycles. The Hall–Kier alpha value is -0.570. The summed E-state index contributed by atoms with van der Waals surface area (Å²) in [6.45, 7) is 10.9. The van der Waals surface area contributed by atoms with Gasteiger partial charge in [-0.05, 0) is 51.4 Å². The first-order valence-electron chi connectivity index (χ1n) is 7.49. The first-order chi connectivity index (χ1) is 8.39. The van der Waals surface area contributed by atoms with Crippen molar-refractivity contribution in [3.63, 3.8) is 0 Å². The van der Waals surface area contributed by atoms with E-state index in [-0.39, 0.29) is 11.7 Å². The largest absolute Gasteiger partial charge is 0.323 e. The highest BCUT2D eigenvalue weighted by molar-refractivity contribution is 5.88. The Bertz CT molecular complexity index is 330. The zero-order chi connectivity index (χ0) is 13.5. The van der Waals surface area contributed by atoms with Gasteiger partial charge in [0.05, 0.1) is 11.7 Å². The van der Waals surface area contributed by atoms with Crippen LogP contribution in [-0.2, 0) is 4.79 Å². The second-order valence-electron chi connectivity index (χ2n) is 6.64. The maximum Gasteiger partial charge on any atom is 0.244 e. The summed E-state index contributed by atoms with van der Waals surface area (Å²) in [6.07, 6.45) is 4.64. The van der Waals surface area contributed by atoms with Gasteiger partial charge in [0.25, 0.3) is 0 Å². The van der Waals surface area contributed by atoms with Crippen LogP contribution in [0.15, 0.2) is 0 Å². The minimum absolute atomic E-state index is 0.188. The van der Waals surface area contributed by atoms with Gasteiger partial charge in [0.1, 0.15) is 0 Å². The molecule has 0 aromatic carbocycles. The molecule has 3 heteroatoms. The summed E-state index contributed by atoms with van der Waals surface area (Å²) < 4.78 is 0. The molecule has 2 rings (SSSR count). The topological polar surface area (TPSA) is 32.3 Å². The molecule has 18 heavy (non-hydrogen) atoms. The molecule has 1 amide bonds. The zero-order valence-corrected chi connectivity index (χ0v) is 12.5. The Morgan fingerprint density at radius 2 is 1.94 bits per heavy atom. The van der Waals surface area contributed by atoms with E-state index in [9.17, 15) is 4.79 Å². The molecule has 1 aliphatic heterocycles. The van der Waals surface area contributed by atoms with E-state index >= 15 is 0 Å². The Morgan fingerprint density at radius 3 is 2.44 bits per heavy atom. The van der Waals surface area contributed by atoms with Gasteiger partial charge >= 0.3 is 0 Å². The van der Waals surface area contributed by atoms with Crippen molar-refractivity contribution < 1.29 is 4.79 Å². The Morgan fingerprint density at radius 1 is 1.28 bits per heavy atom. The van der Waals surface area contributed by atoms with Crippen LogP contribution in [-0.4, -0.2) is 28.6 Å². The maximum atomic E-state index is 12.6. The van der Waals surface area contributed by atoms with Crippen LogP contribution in [0.1, 0.15) is 60.3 Å². The minimum atomic E-state index is -0.342. The highest BCUT2D eigenvalue weighted by Crippen LogP contribution is 2.36. The predicted octanol–water partition coefficient (Wildman–Crippen LogP) is 2.76. The van der Waals surface area contributed by atoms with Crippen molar-refractivity contribution in [3.8, 4) is 0 Å². The lowest BCUT2D eigenvalue weighted by Crippen LogP contribution is -2.47. The van der Waals surface area contributed by atoms with Gasteiger partial charge in [-0.1, -0.05) is 20.8 Å². The number of hydrogen-bond donors (Lipinski definition) is 1. The fourth-order valence-corrected chi connectivity index (χ4v) is 3.56. The molecule has 1 heterocycles. The first kappa shape index (κ1) is 13.9. The standard InChI is InChI=1S/C15H28N2O/c1-6-15(5)14(18)17(12(4)16-15)13-8-7-10(2)11(3)9-13/h10-13,16H,6-9H2,1-5H3. The molecule has 0 bridgehead atoms. The zero-order valence-electron chi connectivity index (χ0n) is 12.5. The number of carbonyl (C=O) groups is 1. The van der Waals surface area contributed by atoms with Gasteiger partial charge in [-0.3, -0.25) is 10.1 Å².